The van der Waals surface area contributed by atoms with Gasteiger partial charge in [0.1, 0.15) is 0 Å². The van der Waals surface area contributed by atoms with Crippen LogP contribution in [0.2, 0.25) is 0 Å². The molecule has 0 fully saturated rings. The Morgan fingerprint density at radius 3 is 2.40 bits per heavy atom. The number of hydrogen-bond acceptors (Lipinski definition) is 1. The maximum atomic E-state index is 2.46. The average molecular weight is 205 g/mol. The summed E-state index contributed by atoms with van der Waals surface area (Å²) in [7, 11) is 2.23. The quantitative estimate of drug-likeness (QED) is 0.707. The van der Waals surface area contributed by atoms with E-state index in [1.807, 2.05) is 0 Å². The highest BCUT2D eigenvalue weighted by Crippen LogP contribution is 2.25. The van der Waals surface area contributed by atoms with Gasteiger partial charge in [-0.1, -0.05) is 38.1 Å². The topological polar surface area (TPSA) is 3.24 Å². The minimum atomic E-state index is 0.575. The van der Waals surface area contributed by atoms with Crippen LogP contribution in [-0.4, -0.2) is 18.5 Å². The largest absolute Gasteiger partial charge is 0.299 e. The van der Waals surface area contributed by atoms with Gasteiger partial charge in [-0.05, 0) is 44.5 Å². The molecule has 0 saturated heterocycles. The van der Waals surface area contributed by atoms with Crippen molar-refractivity contribution in [1.82, 2.24) is 4.90 Å². The second kappa shape index (κ2) is 5.92. The summed E-state index contributed by atoms with van der Waals surface area (Å²) in [4.78, 5) is 2.46. The van der Waals surface area contributed by atoms with Crippen LogP contribution in [0.3, 0.4) is 0 Å². The van der Waals surface area contributed by atoms with Crippen LogP contribution in [0.5, 0.6) is 0 Å². The SMILES string of the molecule is CCCN(C)C(CC)c1ccccc1C. The van der Waals surface area contributed by atoms with Crippen LogP contribution in [0, 0.1) is 6.92 Å². The van der Waals surface area contributed by atoms with Crippen LogP contribution in [0.15, 0.2) is 24.3 Å². The number of rotatable bonds is 5. The molecular weight excluding hydrogens is 182 g/mol. The molecule has 1 unspecified atom stereocenters. The Kier molecular flexibility index (Phi) is 4.83. The molecule has 1 nitrogen and oxygen atoms in total. The van der Waals surface area contributed by atoms with E-state index < -0.39 is 0 Å². The zero-order valence-corrected chi connectivity index (χ0v) is 10.5. The molecule has 0 spiro atoms. The highest BCUT2D eigenvalue weighted by molar-refractivity contribution is 5.28. The van der Waals surface area contributed by atoms with Crippen molar-refractivity contribution in [1.29, 1.82) is 0 Å². The van der Waals surface area contributed by atoms with Gasteiger partial charge in [-0.2, -0.15) is 0 Å². The van der Waals surface area contributed by atoms with Gasteiger partial charge in [0.15, 0.2) is 0 Å². The first-order valence-electron chi connectivity index (χ1n) is 5.96. The Hall–Kier alpha value is -0.820. The number of hydrogen-bond donors (Lipinski definition) is 0. The van der Waals surface area contributed by atoms with Crippen molar-refractivity contribution in [3.8, 4) is 0 Å². The normalized spacial score (nSPS) is 13.1. The van der Waals surface area contributed by atoms with Crippen LogP contribution >= 0.6 is 0 Å². The molecule has 0 saturated carbocycles. The van der Waals surface area contributed by atoms with Gasteiger partial charge in [-0.3, -0.25) is 4.90 Å². The molecule has 1 heteroatoms. The van der Waals surface area contributed by atoms with Gasteiger partial charge in [0.05, 0.1) is 0 Å². The van der Waals surface area contributed by atoms with Crippen molar-refractivity contribution < 1.29 is 0 Å². The Morgan fingerprint density at radius 2 is 1.87 bits per heavy atom. The van der Waals surface area contributed by atoms with Gasteiger partial charge in [0.25, 0.3) is 0 Å². The molecule has 0 bridgehead atoms. The van der Waals surface area contributed by atoms with Crippen molar-refractivity contribution >= 4 is 0 Å². The van der Waals surface area contributed by atoms with Gasteiger partial charge >= 0.3 is 0 Å². The maximum Gasteiger partial charge on any atom is 0.0345 e. The molecule has 1 aromatic rings. The minimum absolute atomic E-state index is 0.575. The smallest absolute Gasteiger partial charge is 0.0345 e. The summed E-state index contributed by atoms with van der Waals surface area (Å²) in [6.45, 7) is 7.88. The monoisotopic (exact) mass is 205 g/mol. The third kappa shape index (κ3) is 3.07. The summed E-state index contributed by atoms with van der Waals surface area (Å²) in [6.07, 6.45) is 2.40. The summed E-state index contributed by atoms with van der Waals surface area (Å²) in [5.74, 6) is 0. The van der Waals surface area contributed by atoms with Crippen molar-refractivity contribution in [2.45, 2.75) is 39.7 Å². The fraction of sp³-hybridized carbons (Fsp3) is 0.571. The lowest BCUT2D eigenvalue weighted by molar-refractivity contribution is 0.238. The van der Waals surface area contributed by atoms with Crippen LogP contribution < -0.4 is 0 Å². The molecule has 15 heavy (non-hydrogen) atoms. The number of benzene rings is 1. The molecule has 0 aliphatic rings. The van der Waals surface area contributed by atoms with Crippen molar-refractivity contribution in [2.24, 2.45) is 0 Å². The third-order valence-electron chi connectivity index (χ3n) is 3.04. The van der Waals surface area contributed by atoms with Gasteiger partial charge in [-0.25, -0.2) is 0 Å². The lowest BCUT2D eigenvalue weighted by atomic mass is 9.98. The van der Waals surface area contributed by atoms with E-state index in [1.54, 1.807) is 0 Å². The zero-order valence-electron chi connectivity index (χ0n) is 10.5. The summed E-state index contributed by atoms with van der Waals surface area (Å²) in [5.41, 5.74) is 2.89. The third-order valence-corrected chi connectivity index (χ3v) is 3.04. The Bertz CT molecular complexity index is 293. The van der Waals surface area contributed by atoms with Crippen molar-refractivity contribution in [3.63, 3.8) is 0 Å². The van der Waals surface area contributed by atoms with E-state index >= 15 is 0 Å². The molecule has 0 heterocycles. The second-order valence-electron chi connectivity index (χ2n) is 4.26. The second-order valence-corrected chi connectivity index (χ2v) is 4.26. The highest BCUT2D eigenvalue weighted by Gasteiger charge is 2.15. The Morgan fingerprint density at radius 1 is 1.20 bits per heavy atom. The molecular formula is C14H23N. The lowest BCUT2D eigenvalue weighted by Gasteiger charge is -2.28. The van der Waals surface area contributed by atoms with Crippen LogP contribution in [-0.2, 0) is 0 Å². The van der Waals surface area contributed by atoms with Crippen LogP contribution in [0.25, 0.3) is 0 Å². The molecule has 0 N–H and O–H groups in total. The minimum Gasteiger partial charge on any atom is -0.299 e. The average Bonchev–Trinajstić information content (AvgIpc) is 2.22. The molecule has 1 aromatic carbocycles. The molecule has 1 atom stereocenters. The fourth-order valence-electron chi connectivity index (χ4n) is 2.24. The van der Waals surface area contributed by atoms with Gasteiger partial charge in [0, 0.05) is 6.04 Å². The summed E-state index contributed by atoms with van der Waals surface area (Å²) in [5, 5.41) is 0. The molecule has 0 aromatic heterocycles. The van der Waals surface area contributed by atoms with Crippen molar-refractivity contribution in [3.05, 3.63) is 35.4 Å². The standard InChI is InChI=1S/C14H23N/c1-5-11-15(4)14(6-2)13-10-8-7-9-12(13)3/h7-10,14H,5-6,11H2,1-4H3. The van der Waals surface area contributed by atoms with Gasteiger partial charge in [-0.15, -0.1) is 0 Å². The highest BCUT2D eigenvalue weighted by atomic mass is 15.1. The molecule has 0 aliphatic carbocycles. The van der Waals surface area contributed by atoms with E-state index in [0.717, 1.165) is 0 Å². The molecule has 0 aliphatic heterocycles. The van der Waals surface area contributed by atoms with E-state index in [4.69, 9.17) is 0 Å². The Balaban J connectivity index is 2.87. The van der Waals surface area contributed by atoms with Crippen LogP contribution in [0.1, 0.15) is 43.9 Å². The molecule has 0 radical (unpaired) electrons. The fourth-order valence-corrected chi connectivity index (χ4v) is 2.24. The first-order chi connectivity index (χ1) is 7.20. The van der Waals surface area contributed by atoms with Gasteiger partial charge < -0.3 is 0 Å². The van der Waals surface area contributed by atoms with Crippen molar-refractivity contribution in [2.75, 3.05) is 13.6 Å². The summed E-state index contributed by atoms with van der Waals surface area (Å²) < 4.78 is 0. The van der Waals surface area contributed by atoms with Crippen LogP contribution in [0.4, 0.5) is 0 Å². The van der Waals surface area contributed by atoms with E-state index in [-0.39, 0.29) is 0 Å². The predicted molar refractivity (Wildman–Crippen MR) is 67.1 cm³/mol. The molecule has 1 rings (SSSR count). The lowest BCUT2D eigenvalue weighted by Crippen LogP contribution is -2.25. The predicted octanol–water partition coefficient (Wildman–Crippen LogP) is 3.79. The first kappa shape index (κ1) is 12.3. The molecule has 0 amide bonds. The van der Waals surface area contributed by atoms with E-state index in [9.17, 15) is 0 Å². The summed E-state index contributed by atoms with van der Waals surface area (Å²) >= 11 is 0. The first-order valence-corrected chi connectivity index (χ1v) is 5.96. The van der Waals surface area contributed by atoms with E-state index in [0.29, 0.717) is 6.04 Å². The molecule has 84 valence electrons. The van der Waals surface area contributed by atoms with Gasteiger partial charge in [0.2, 0.25) is 0 Å². The van der Waals surface area contributed by atoms with E-state index in [2.05, 4.69) is 57.0 Å². The Labute approximate surface area is 94.1 Å². The maximum absolute atomic E-state index is 2.46. The zero-order chi connectivity index (χ0) is 11.3. The number of aryl methyl sites for hydroxylation is 1. The van der Waals surface area contributed by atoms with E-state index in [1.165, 1.54) is 30.5 Å². The summed E-state index contributed by atoms with van der Waals surface area (Å²) in [6, 6.07) is 9.30. The number of nitrogens with zero attached hydrogens (tertiary/aromatic N) is 1.